The van der Waals surface area contributed by atoms with Gasteiger partial charge in [-0.25, -0.2) is 0 Å². The van der Waals surface area contributed by atoms with Gasteiger partial charge in [0, 0.05) is 19.9 Å². The topological polar surface area (TPSA) is 72.2 Å². The van der Waals surface area contributed by atoms with Gasteiger partial charge in [0.15, 0.2) is 0 Å². The fraction of sp³-hybridized carbons (Fsp3) is 0.667. The van der Waals surface area contributed by atoms with Gasteiger partial charge in [0.25, 0.3) is 0 Å². The quantitative estimate of drug-likeness (QED) is 0.533. The zero-order valence-corrected chi connectivity index (χ0v) is 6.02. The molecule has 0 spiro atoms. The van der Waals surface area contributed by atoms with Crippen molar-refractivity contribution >= 4 is 11.7 Å². The summed E-state index contributed by atoms with van der Waals surface area (Å²) in [4.78, 5) is 21.1. The third-order valence-electron chi connectivity index (χ3n) is 1.14. The lowest BCUT2D eigenvalue weighted by Gasteiger charge is -1.96. The van der Waals surface area contributed by atoms with Crippen molar-refractivity contribution in [1.82, 2.24) is 5.32 Å². The van der Waals surface area contributed by atoms with Gasteiger partial charge in [-0.1, -0.05) is 0 Å². The van der Waals surface area contributed by atoms with E-state index in [2.05, 4.69) is 5.32 Å². The second-order valence-electron chi connectivity index (χ2n) is 1.92. The Balaban J connectivity index is 3.35. The summed E-state index contributed by atoms with van der Waals surface area (Å²) in [5, 5.41) is 2.41. The fourth-order valence-corrected chi connectivity index (χ4v) is 0.480. The molecule has 10 heavy (non-hydrogen) atoms. The maximum atomic E-state index is 10.5. The second kappa shape index (κ2) is 4.93. The average molecular weight is 144 g/mol. The number of rotatable bonds is 4. The molecule has 0 radical (unpaired) electrons. The first-order valence-electron chi connectivity index (χ1n) is 3.13. The average Bonchev–Trinajstić information content (AvgIpc) is 1.99. The molecular formula is C6H12N2O2. The molecule has 0 aliphatic rings. The Morgan fingerprint density at radius 1 is 1.40 bits per heavy atom. The molecule has 4 heteroatoms. The van der Waals surface area contributed by atoms with Crippen LogP contribution in [-0.2, 0) is 9.59 Å². The number of carbonyl (C=O) groups is 2. The minimum atomic E-state index is -0.123. The van der Waals surface area contributed by atoms with Crippen LogP contribution in [0.5, 0.6) is 0 Å². The molecule has 3 N–H and O–H groups in total. The van der Waals surface area contributed by atoms with Crippen LogP contribution < -0.4 is 11.1 Å². The first kappa shape index (κ1) is 9.10. The normalized spacial score (nSPS) is 9.00. The van der Waals surface area contributed by atoms with E-state index in [1.807, 2.05) is 0 Å². The summed E-state index contributed by atoms with van der Waals surface area (Å²) < 4.78 is 0. The van der Waals surface area contributed by atoms with Gasteiger partial charge < -0.3 is 11.1 Å². The Hall–Kier alpha value is -0.900. The first-order chi connectivity index (χ1) is 4.70. The highest BCUT2D eigenvalue weighted by atomic mass is 16.2. The summed E-state index contributed by atoms with van der Waals surface area (Å²) in [5.41, 5.74) is 5.02. The molecule has 0 aromatic heterocycles. The number of nitrogens with one attached hydrogen (secondary N) is 1. The summed E-state index contributed by atoms with van der Waals surface area (Å²) in [6.07, 6.45) is 0.489. The molecule has 0 rings (SSSR count). The molecule has 1 amide bonds. The van der Waals surface area contributed by atoms with Gasteiger partial charge in [0.1, 0.15) is 5.78 Å². The third-order valence-corrected chi connectivity index (χ3v) is 1.14. The predicted octanol–water partition coefficient (Wildman–Crippen LogP) is -0.960. The van der Waals surface area contributed by atoms with Crippen molar-refractivity contribution < 1.29 is 9.59 Å². The number of Topliss-reactive ketones (excluding diaryl/α,β-unsaturated/α-hetero) is 1. The molecule has 0 fully saturated rings. The number of nitrogens with two attached hydrogens (primary N) is 1. The van der Waals surface area contributed by atoms with Crippen molar-refractivity contribution in [3.8, 4) is 0 Å². The van der Waals surface area contributed by atoms with Crippen molar-refractivity contribution in [1.29, 1.82) is 0 Å². The van der Waals surface area contributed by atoms with Crippen LogP contribution in [0, 0.1) is 0 Å². The molecule has 0 saturated heterocycles. The molecule has 0 saturated carbocycles. The zero-order valence-electron chi connectivity index (χ0n) is 6.02. The summed E-state index contributed by atoms with van der Waals surface area (Å²) in [6.45, 7) is 0.0248. The molecular weight excluding hydrogens is 132 g/mol. The van der Waals surface area contributed by atoms with Crippen LogP contribution in [0.15, 0.2) is 0 Å². The Kier molecular flexibility index (Phi) is 4.49. The van der Waals surface area contributed by atoms with Crippen molar-refractivity contribution in [3.63, 3.8) is 0 Å². The minimum absolute atomic E-state index is 0.0248. The van der Waals surface area contributed by atoms with Gasteiger partial charge in [-0.2, -0.15) is 0 Å². The van der Waals surface area contributed by atoms with E-state index in [9.17, 15) is 9.59 Å². The molecule has 0 aromatic carbocycles. The monoisotopic (exact) mass is 144 g/mol. The number of carbonyl (C=O) groups excluding carboxylic acids is 2. The van der Waals surface area contributed by atoms with Crippen molar-refractivity contribution in [3.05, 3.63) is 0 Å². The van der Waals surface area contributed by atoms with Crippen molar-refractivity contribution in [2.45, 2.75) is 12.8 Å². The van der Waals surface area contributed by atoms with Crippen LogP contribution in [0.1, 0.15) is 12.8 Å². The van der Waals surface area contributed by atoms with Gasteiger partial charge in [-0.15, -0.1) is 0 Å². The van der Waals surface area contributed by atoms with Crippen molar-refractivity contribution in [2.24, 2.45) is 5.73 Å². The molecule has 0 aromatic rings. The van der Waals surface area contributed by atoms with E-state index in [-0.39, 0.29) is 31.1 Å². The first-order valence-corrected chi connectivity index (χ1v) is 3.13. The van der Waals surface area contributed by atoms with E-state index in [0.717, 1.165) is 0 Å². The number of amides is 1. The van der Waals surface area contributed by atoms with Gasteiger partial charge in [0.05, 0.1) is 6.54 Å². The van der Waals surface area contributed by atoms with Gasteiger partial charge in [-0.05, 0) is 0 Å². The molecule has 0 aliphatic carbocycles. The summed E-state index contributed by atoms with van der Waals surface area (Å²) in [6, 6.07) is 0. The SMILES string of the molecule is CNC(=O)CCC(=O)CN. The molecule has 0 unspecified atom stereocenters. The highest BCUT2D eigenvalue weighted by Gasteiger charge is 2.02. The lowest BCUT2D eigenvalue weighted by atomic mass is 10.2. The van der Waals surface area contributed by atoms with Crippen LogP contribution in [0.2, 0.25) is 0 Å². The molecule has 0 heterocycles. The van der Waals surface area contributed by atoms with E-state index in [1.165, 1.54) is 7.05 Å². The Labute approximate surface area is 59.8 Å². The van der Waals surface area contributed by atoms with Crippen LogP contribution in [-0.4, -0.2) is 25.3 Å². The van der Waals surface area contributed by atoms with Crippen LogP contribution >= 0.6 is 0 Å². The third kappa shape index (κ3) is 4.03. The Morgan fingerprint density at radius 2 is 2.00 bits per heavy atom. The zero-order chi connectivity index (χ0) is 7.98. The molecule has 58 valence electrons. The Morgan fingerprint density at radius 3 is 2.40 bits per heavy atom. The fourth-order valence-electron chi connectivity index (χ4n) is 0.480. The highest BCUT2D eigenvalue weighted by molar-refractivity contribution is 5.85. The largest absolute Gasteiger partial charge is 0.359 e. The number of ketones is 1. The maximum absolute atomic E-state index is 10.5. The van der Waals surface area contributed by atoms with Crippen molar-refractivity contribution in [2.75, 3.05) is 13.6 Å². The van der Waals surface area contributed by atoms with E-state index in [1.54, 1.807) is 0 Å². The molecule has 0 atom stereocenters. The summed E-state index contributed by atoms with van der Waals surface area (Å²) in [5.74, 6) is -0.203. The maximum Gasteiger partial charge on any atom is 0.220 e. The summed E-state index contributed by atoms with van der Waals surface area (Å²) in [7, 11) is 1.54. The minimum Gasteiger partial charge on any atom is -0.359 e. The lowest BCUT2D eigenvalue weighted by molar-refractivity contribution is -0.124. The van der Waals surface area contributed by atoms with E-state index >= 15 is 0 Å². The van der Waals surface area contributed by atoms with Gasteiger partial charge in [-0.3, -0.25) is 9.59 Å². The van der Waals surface area contributed by atoms with Gasteiger partial charge in [0.2, 0.25) is 5.91 Å². The van der Waals surface area contributed by atoms with Gasteiger partial charge >= 0.3 is 0 Å². The van der Waals surface area contributed by atoms with Crippen LogP contribution in [0.3, 0.4) is 0 Å². The second-order valence-corrected chi connectivity index (χ2v) is 1.92. The molecule has 0 bridgehead atoms. The Bertz CT molecular complexity index is 118. The molecule has 4 nitrogen and oxygen atoms in total. The van der Waals surface area contributed by atoms with E-state index < -0.39 is 0 Å². The van der Waals surface area contributed by atoms with Crippen LogP contribution in [0.25, 0.3) is 0 Å². The number of hydrogen-bond donors (Lipinski definition) is 2. The predicted molar refractivity (Wildman–Crippen MR) is 37.4 cm³/mol. The van der Waals surface area contributed by atoms with E-state index in [4.69, 9.17) is 5.73 Å². The smallest absolute Gasteiger partial charge is 0.220 e. The highest BCUT2D eigenvalue weighted by Crippen LogP contribution is 1.88. The van der Waals surface area contributed by atoms with E-state index in [0.29, 0.717) is 0 Å². The number of hydrogen-bond acceptors (Lipinski definition) is 3. The standard InChI is InChI=1S/C6H12N2O2/c1-8-6(10)3-2-5(9)4-7/h2-4,7H2,1H3,(H,8,10). The van der Waals surface area contributed by atoms with Crippen LogP contribution in [0.4, 0.5) is 0 Å². The summed E-state index contributed by atoms with van der Waals surface area (Å²) >= 11 is 0. The molecule has 0 aliphatic heterocycles. The lowest BCUT2D eigenvalue weighted by Crippen LogP contribution is -2.21.